The predicted octanol–water partition coefficient (Wildman–Crippen LogP) is 3.53. The highest BCUT2D eigenvalue weighted by Gasteiger charge is 2.20. The molecular weight excluding hydrogens is 384 g/mol. The van der Waals surface area contributed by atoms with E-state index in [9.17, 15) is 0 Å². The third kappa shape index (κ3) is 6.03. The van der Waals surface area contributed by atoms with Crippen LogP contribution in [0.5, 0.6) is 11.5 Å². The van der Waals surface area contributed by atoms with Crippen molar-refractivity contribution in [2.24, 2.45) is 4.99 Å². The molecule has 7 heteroatoms. The highest BCUT2D eigenvalue weighted by Crippen LogP contribution is 2.27. The van der Waals surface area contributed by atoms with Crippen LogP contribution in [0.25, 0.3) is 0 Å². The van der Waals surface area contributed by atoms with Crippen molar-refractivity contribution in [3.05, 3.63) is 41.3 Å². The first-order chi connectivity index (χ1) is 14.2. The van der Waals surface area contributed by atoms with Crippen LogP contribution >= 0.6 is 11.3 Å². The van der Waals surface area contributed by atoms with Gasteiger partial charge in [-0.15, -0.1) is 11.3 Å². The second-order valence-electron chi connectivity index (χ2n) is 7.06. The number of hydrogen-bond acceptors (Lipinski definition) is 5. The third-order valence-electron chi connectivity index (χ3n) is 5.12. The van der Waals surface area contributed by atoms with E-state index >= 15 is 0 Å². The lowest BCUT2D eigenvalue weighted by molar-refractivity contribution is 0.354. The summed E-state index contributed by atoms with van der Waals surface area (Å²) in [4.78, 5) is 7.26. The van der Waals surface area contributed by atoms with E-state index in [1.54, 1.807) is 14.2 Å². The number of hydrogen-bond donors (Lipinski definition) is 2. The lowest BCUT2D eigenvalue weighted by Crippen LogP contribution is -2.48. The van der Waals surface area contributed by atoms with E-state index in [1.165, 1.54) is 10.6 Å². The Bertz CT molecular complexity index is 771. The van der Waals surface area contributed by atoms with Gasteiger partial charge in [0, 0.05) is 32.2 Å². The smallest absolute Gasteiger partial charge is 0.191 e. The molecule has 1 aromatic carbocycles. The van der Waals surface area contributed by atoms with Crippen LogP contribution < -0.4 is 25.0 Å². The summed E-state index contributed by atoms with van der Waals surface area (Å²) in [5, 5.41) is 10.5. The topological polar surface area (TPSA) is 58.1 Å². The summed E-state index contributed by atoms with van der Waals surface area (Å²) >= 11 is 1.82. The number of guanidine groups is 1. The fourth-order valence-corrected chi connectivity index (χ4v) is 4.33. The van der Waals surface area contributed by atoms with E-state index in [4.69, 9.17) is 14.5 Å². The van der Waals surface area contributed by atoms with Gasteiger partial charge in [-0.2, -0.15) is 0 Å². The molecule has 1 saturated heterocycles. The van der Waals surface area contributed by atoms with Gasteiger partial charge < -0.3 is 25.0 Å². The molecule has 0 unspecified atom stereocenters. The Kier molecular flexibility index (Phi) is 8.04. The van der Waals surface area contributed by atoms with E-state index in [-0.39, 0.29) is 0 Å². The number of rotatable bonds is 8. The molecule has 6 nitrogen and oxygen atoms in total. The lowest BCUT2D eigenvalue weighted by Gasteiger charge is -2.33. The fraction of sp³-hybridized carbons (Fsp3) is 0.500. The Morgan fingerprint density at radius 2 is 1.97 bits per heavy atom. The number of aliphatic imine (C=N–C) groups is 1. The molecule has 3 rings (SSSR count). The predicted molar refractivity (Wildman–Crippen MR) is 122 cm³/mol. The lowest BCUT2D eigenvalue weighted by atomic mass is 10.1. The molecular formula is C22H32N4O2S. The van der Waals surface area contributed by atoms with Crippen molar-refractivity contribution in [1.29, 1.82) is 0 Å². The average Bonchev–Trinajstić information content (AvgIpc) is 3.29. The van der Waals surface area contributed by atoms with Gasteiger partial charge in [0.2, 0.25) is 0 Å². The van der Waals surface area contributed by atoms with E-state index in [0.29, 0.717) is 6.04 Å². The minimum Gasteiger partial charge on any atom is -0.493 e. The number of ether oxygens (including phenoxy) is 2. The Balaban J connectivity index is 1.51. The number of piperidine rings is 1. The molecule has 29 heavy (non-hydrogen) atoms. The highest BCUT2D eigenvalue weighted by atomic mass is 32.1. The molecule has 0 spiro atoms. The first kappa shape index (κ1) is 21.3. The van der Waals surface area contributed by atoms with Crippen LogP contribution in [-0.4, -0.2) is 52.4 Å². The summed E-state index contributed by atoms with van der Waals surface area (Å²) in [6, 6.07) is 10.8. The minimum absolute atomic E-state index is 0.463. The van der Waals surface area contributed by atoms with E-state index in [2.05, 4.69) is 46.0 Å². The fourth-order valence-electron chi connectivity index (χ4n) is 3.54. The number of anilines is 1. The van der Waals surface area contributed by atoms with Crippen LogP contribution in [0, 0.1) is 0 Å². The van der Waals surface area contributed by atoms with Crippen molar-refractivity contribution < 1.29 is 9.47 Å². The quantitative estimate of drug-likeness (QED) is 0.509. The largest absolute Gasteiger partial charge is 0.493 e. The number of nitrogens with zero attached hydrogens (tertiary/aromatic N) is 2. The van der Waals surface area contributed by atoms with Crippen LogP contribution in [0.4, 0.5) is 5.00 Å². The maximum absolute atomic E-state index is 5.39. The SMILES string of the molecule is CCNC(=NCCc1ccc(OC)c(OC)c1)NC1CCN(c2cccs2)CC1. The van der Waals surface area contributed by atoms with Crippen molar-refractivity contribution >= 4 is 22.3 Å². The summed E-state index contributed by atoms with van der Waals surface area (Å²) in [6.07, 6.45) is 3.10. The zero-order valence-corrected chi connectivity index (χ0v) is 18.4. The second kappa shape index (κ2) is 11.0. The van der Waals surface area contributed by atoms with Crippen molar-refractivity contribution in [3.63, 3.8) is 0 Å². The molecule has 0 radical (unpaired) electrons. The van der Waals surface area contributed by atoms with Crippen molar-refractivity contribution in [3.8, 4) is 11.5 Å². The molecule has 0 aliphatic carbocycles. The minimum atomic E-state index is 0.463. The molecule has 1 aliphatic heterocycles. The van der Waals surface area contributed by atoms with Gasteiger partial charge >= 0.3 is 0 Å². The summed E-state index contributed by atoms with van der Waals surface area (Å²) in [5.41, 5.74) is 1.19. The highest BCUT2D eigenvalue weighted by molar-refractivity contribution is 7.14. The Morgan fingerprint density at radius 1 is 1.17 bits per heavy atom. The average molecular weight is 417 g/mol. The normalized spacial score (nSPS) is 15.3. The van der Waals surface area contributed by atoms with E-state index in [0.717, 1.165) is 62.9 Å². The van der Waals surface area contributed by atoms with E-state index < -0.39 is 0 Å². The molecule has 1 fully saturated rings. The Labute approximate surface area is 177 Å². The molecule has 158 valence electrons. The van der Waals surface area contributed by atoms with Gasteiger partial charge in [0.15, 0.2) is 17.5 Å². The first-order valence-electron chi connectivity index (χ1n) is 10.3. The standard InChI is InChI=1S/C22H32N4O2S/c1-4-23-22(24-12-9-17-7-8-19(27-2)20(16-17)28-3)25-18-10-13-26(14-11-18)21-6-5-15-29-21/h5-8,15-16,18H,4,9-14H2,1-3H3,(H2,23,24,25). The summed E-state index contributed by atoms with van der Waals surface area (Å²) in [7, 11) is 3.32. The summed E-state index contributed by atoms with van der Waals surface area (Å²) in [5.74, 6) is 2.42. The van der Waals surface area contributed by atoms with Gasteiger partial charge in [0.25, 0.3) is 0 Å². The van der Waals surface area contributed by atoms with Crippen molar-refractivity contribution in [2.75, 3.05) is 45.3 Å². The molecule has 0 bridgehead atoms. The zero-order valence-electron chi connectivity index (χ0n) is 17.6. The summed E-state index contributed by atoms with van der Waals surface area (Å²) in [6.45, 7) is 5.85. The van der Waals surface area contributed by atoms with Crippen molar-refractivity contribution in [2.45, 2.75) is 32.2 Å². The van der Waals surface area contributed by atoms with Gasteiger partial charge in [0.1, 0.15) is 0 Å². The zero-order chi connectivity index (χ0) is 20.5. The third-order valence-corrected chi connectivity index (χ3v) is 6.05. The number of thiophene rings is 1. The van der Waals surface area contributed by atoms with Gasteiger partial charge in [-0.05, 0) is 61.4 Å². The molecule has 1 aromatic heterocycles. The molecule has 2 aromatic rings. The number of methoxy groups -OCH3 is 2. The monoisotopic (exact) mass is 416 g/mol. The van der Waals surface area contributed by atoms with Gasteiger partial charge in [-0.1, -0.05) is 6.07 Å². The number of benzene rings is 1. The Morgan fingerprint density at radius 3 is 2.62 bits per heavy atom. The number of nitrogens with one attached hydrogen (secondary N) is 2. The molecule has 0 amide bonds. The van der Waals surface area contributed by atoms with Crippen LogP contribution in [0.3, 0.4) is 0 Å². The second-order valence-corrected chi connectivity index (χ2v) is 7.98. The maximum Gasteiger partial charge on any atom is 0.191 e. The molecule has 2 N–H and O–H groups in total. The van der Waals surface area contributed by atoms with Gasteiger partial charge in [0.05, 0.1) is 19.2 Å². The van der Waals surface area contributed by atoms with Crippen LogP contribution in [0.2, 0.25) is 0 Å². The molecule has 1 aliphatic rings. The Hall–Kier alpha value is -2.41. The van der Waals surface area contributed by atoms with Gasteiger partial charge in [-0.3, -0.25) is 4.99 Å². The van der Waals surface area contributed by atoms with Crippen LogP contribution in [0.1, 0.15) is 25.3 Å². The molecule has 0 saturated carbocycles. The maximum atomic E-state index is 5.39. The summed E-state index contributed by atoms with van der Waals surface area (Å²) < 4.78 is 10.7. The van der Waals surface area contributed by atoms with Crippen LogP contribution in [-0.2, 0) is 6.42 Å². The first-order valence-corrected chi connectivity index (χ1v) is 11.2. The van der Waals surface area contributed by atoms with Gasteiger partial charge in [-0.25, -0.2) is 0 Å². The van der Waals surface area contributed by atoms with Crippen LogP contribution in [0.15, 0.2) is 40.7 Å². The van der Waals surface area contributed by atoms with Crippen molar-refractivity contribution in [1.82, 2.24) is 10.6 Å². The molecule has 2 heterocycles. The van der Waals surface area contributed by atoms with E-state index in [1.807, 2.05) is 23.5 Å². The molecule has 0 atom stereocenters.